The first-order chi connectivity index (χ1) is 10.2. The van der Waals surface area contributed by atoms with Crippen molar-refractivity contribution in [3.05, 3.63) is 40.4 Å². The molecule has 0 saturated carbocycles. The number of hydrogen-bond acceptors (Lipinski definition) is 4. The average molecular weight is 389 g/mol. The van der Waals surface area contributed by atoms with Gasteiger partial charge in [0.25, 0.3) is 10.1 Å². The van der Waals surface area contributed by atoms with Crippen LogP contribution in [-0.2, 0) is 19.0 Å². The quantitative estimate of drug-likeness (QED) is 0.401. The molecule has 0 radical (unpaired) electrons. The Labute approximate surface area is 140 Å². The van der Waals surface area contributed by atoms with E-state index in [1.54, 1.807) is 12.1 Å². The van der Waals surface area contributed by atoms with Gasteiger partial charge in [-0.25, -0.2) is 0 Å². The van der Waals surface area contributed by atoms with Crippen LogP contribution in [0.4, 0.5) is 0 Å². The summed E-state index contributed by atoms with van der Waals surface area (Å²) < 4.78 is 35.7. The number of hydrogen-bond donors (Lipinski definition) is 0. The number of rotatable bonds is 7. The van der Waals surface area contributed by atoms with Crippen molar-refractivity contribution < 1.29 is 17.3 Å². The highest BCUT2D eigenvalue weighted by molar-refractivity contribution is 9.10. The molecule has 0 unspecified atom stereocenters. The third kappa shape index (κ3) is 4.65. The summed E-state index contributed by atoms with van der Waals surface area (Å²) in [5.74, 6) is 0. The van der Waals surface area contributed by atoms with Crippen molar-refractivity contribution in [2.24, 2.45) is 0 Å². The van der Waals surface area contributed by atoms with E-state index >= 15 is 0 Å². The van der Waals surface area contributed by atoms with Crippen LogP contribution in [0.15, 0.2) is 45.3 Å². The zero-order valence-corrected chi connectivity index (χ0v) is 15.4. The summed E-state index contributed by atoms with van der Waals surface area (Å²) in [6.45, 7) is 6.17. The van der Waals surface area contributed by atoms with Crippen molar-refractivity contribution in [1.29, 1.82) is 0 Å². The maximum Gasteiger partial charge on any atom is 0.297 e. The highest BCUT2D eigenvalue weighted by atomic mass is 79.9. The van der Waals surface area contributed by atoms with Gasteiger partial charge in [0.2, 0.25) is 0 Å². The zero-order valence-electron chi connectivity index (χ0n) is 13.0. The molecule has 2 rings (SSSR count). The molecule has 2 atom stereocenters. The largest absolute Gasteiger partial charge is 0.364 e. The Balaban J connectivity index is 1.86. The van der Waals surface area contributed by atoms with Gasteiger partial charge in [0.05, 0.1) is 17.1 Å². The molecule has 1 aliphatic heterocycles. The summed E-state index contributed by atoms with van der Waals surface area (Å²) in [6.07, 6.45) is 3.78. The summed E-state index contributed by atoms with van der Waals surface area (Å²) >= 11 is 3.27. The van der Waals surface area contributed by atoms with Crippen LogP contribution in [0.25, 0.3) is 0 Å². The number of allylic oxidation sites excluding steroid dienone is 2. The predicted molar refractivity (Wildman–Crippen MR) is 89.2 cm³/mol. The molecule has 0 spiro atoms. The molecule has 1 aliphatic rings. The lowest BCUT2D eigenvalue weighted by atomic mass is 10.0. The zero-order chi connectivity index (χ0) is 16.4. The Bertz CT molecular complexity index is 647. The third-order valence-corrected chi connectivity index (χ3v) is 5.53. The van der Waals surface area contributed by atoms with Gasteiger partial charge in [-0.3, -0.25) is 4.18 Å². The second kappa shape index (κ2) is 6.83. The van der Waals surface area contributed by atoms with Crippen molar-refractivity contribution in [3.63, 3.8) is 0 Å². The van der Waals surface area contributed by atoms with Crippen molar-refractivity contribution in [2.75, 3.05) is 6.61 Å². The molecule has 0 N–H and O–H groups in total. The van der Waals surface area contributed by atoms with Crippen LogP contribution < -0.4 is 0 Å². The molecular weight excluding hydrogens is 368 g/mol. The van der Waals surface area contributed by atoms with E-state index in [-0.39, 0.29) is 23.2 Å². The minimum Gasteiger partial charge on any atom is -0.364 e. The lowest BCUT2D eigenvalue weighted by Gasteiger charge is -2.06. The van der Waals surface area contributed by atoms with Crippen LogP contribution in [0.5, 0.6) is 0 Å². The molecule has 122 valence electrons. The van der Waals surface area contributed by atoms with Gasteiger partial charge >= 0.3 is 0 Å². The second-order valence-electron chi connectivity index (χ2n) is 5.93. The van der Waals surface area contributed by atoms with Gasteiger partial charge in [-0.05, 0) is 57.9 Å². The van der Waals surface area contributed by atoms with Crippen LogP contribution in [0.3, 0.4) is 0 Å². The number of ether oxygens (including phenoxy) is 1. The topological polar surface area (TPSA) is 55.9 Å². The Kier molecular flexibility index (Phi) is 5.48. The summed E-state index contributed by atoms with van der Waals surface area (Å²) in [4.78, 5) is 0.155. The van der Waals surface area contributed by atoms with E-state index in [1.165, 1.54) is 17.7 Å². The molecule has 1 aromatic rings. The monoisotopic (exact) mass is 388 g/mol. The SMILES string of the molecule is CC(C)=CCC[C@]1(C)O[C@H]1COS(=O)(=O)c1ccc(Br)cc1. The Hall–Kier alpha value is -0.690. The molecule has 22 heavy (non-hydrogen) atoms. The highest BCUT2D eigenvalue weighted by Gasteiger charge is 2.52. The molecule has 0 amide bonds. The molecule has 0 bridgehead atoms. The fourth-order valence-electron chi connectivity index (χ4n) is 2.19. The van der Waals surface area contributed by atoms with Gasteiger partial charge in [-0.2, -0.15) is 8.42 Å². The molecule has 1 saturated heterocycles. The lowest BCUT2D eigenvalue weighted by molar-refractivity contribution is 0.252. The molecule has 0 aromatic heterocycles. The maximum atomic E-state index is 12.1. The van der Waals surface area contributed by atoms with Gasteiger partial charge in [-0.15, -0.1) is 0 Å². The first-order valence-electron chi connectivity index (χ1n) is 7.19. The molecular formula is C16H21BrO4S. The summed E-state index contributed by atoms with van der Waals surface area (Å²) in [5.41, 5.74) is 0.996. The van der Waals surface area contributed by atoms with Crippen LogP contribution >= 0.6 is 15.9 Å². The molecule has 0 aliphatic carbocycles. The van der Waals surface area contributed by atoms with Crippen molar-refractivity contribution >= 4 is 26.0 Å². The first kappa shape index (κ1) is 17.7. The van der Waals surface area contributed by atoms with E-state index in [1.807, 2.05) is 6.92 Å². The lowest BCUT2D eigenvalue weighted by Crippen LogP contribution is -2.17. The maximum absolute atomic E-state index is 12.1. The predicted octanol–water partition coefficient (Wildman–Crippen LogP) is 4.06. The average Bonchev–Trinajstić information content (AvgIpc) is 3.07. The molecule has 6 heteroatoms. The van der Waals surface area contributed by atoms with Gasteiger partial charge in [-0.1, -0.05) is 27.6 Å². The summed E-state index contributed by atoms with van der Waals surface area (Å²) in [7, 11) is -3.73. The molecule has 1 heterocycles. The standard InChI is InChI=1S/C16H21BrO4S/c1-12(2)5-4-10-16(3)15(21-16)11-20-22(18,19)14-8-6-13(17)7-9-14/h5-9,15H,4,10-11H2,1-3H3/t15-,16-/m0/s1. The van der Waals surface area contributed by atoms with E-state index < -0.39 is 10.1 Å². The summed E-state index contributed by atoms with van der Waals surface area (Å²) in [6, 6.07) is 6.38. The van der Waals surface area contributed by atoms with Gasteiger partial charge < -0.3 is 4.74 Å². The van der Waals surface area contributed by atoms with E-state index in [2.05, 4.69) is 35.9 Å². The minimum atomic E-state index is -3.73. The Morgan fingerprint density at radius 3 is 2.59 bits per heavy atom. The van der Waals surface area contributed by atoms with Gasteiger partial charge in [0, 0.05) is 4.47 Å². The van der Waals surface area contributed by atoms with E-state index in [4.69, 9.17) is 8.92 Å². The van der Waals surface area contributed by atoms with Crippen molar-refractivity contribution in [2.45, 2.75) is 50.2 Å². The Morgan fingerprint density at radius 1 is 1.36 bits per heavy atom. The van der Waals surface area contributed by atoms with Crippen LogP contribution in [0.1, 0.15) is 33.6 Å². The highest BCUT2D eigenvalue weighted by Crippen LogP contribution is 2.41. The van der Waals surface area contributed by atoms with E-state index in [0.717, 1.165) is 17.3 Å². The van der Waals surface area contributed by atoms with E-state index in [9.17, 15) is 8.42 Å². The molecule has 1 aromatic carbocycles. The molecule has 4 nitrogen and oxygen atoms in total. The van der Waals surface area contributed by atoms with Crippen molar-refractivity contribution in [1.82, 2.24) is 0 Å². The van der Waals surface area contributed by atoms with Crippen LogP contribution in [0, 0.1) is 0 Å². The number of halogens is 1. The summed E-state index contributed by atoms with van der Waals surface area (Å²) in [5, 5.41) is 0. The number of benzene rings is 1. The van der Waals surface area contributed by atoms with Crippen LogP contribution in [0.2, 0.25) is 0 Å². The van der Waals surface area contributed by atoms with E-state index in [0.29, 0.717) is 0 Å². The second-order valence-corrected chi connectivity index (χ2v) is 8.46. The normalized spacial score (nSPS) is 24.1. The minimum absolute atomic E-state index is 0.0592. The Morgan fingerprint density at radius 2 is 2.00 bits per heavy atom. The van der Waals surface area contributed by atoms with Crippen molar-refractivity contribution in [3.8, 4) is 0 Å². The third-order valence-electron chi connectivity index (χ3n) is 3.71. The van der Waals surface area contributed by atoms with Gasteiger partial charge in [0.1, 0.15) is 6.10 Å². The molecule has 1 fully saturated rings. The fourth-order valence-corrected chi connectivity index (χ4v) is 3.36. The number of epoxide rings is 1. The smallest absolute Gasteiger partial charge is 0.297 e. The fraction of sp³-hybridized carbons (Fsp3) is 0.500. The van der Waals surface area contributed by atoms with Crippen LogP contribution in [-0.4, -0.2) is 26.7 Å². The first-order valence-corrected chi connectivity index (χ1v) is 9.39. The van der Waals surface area contributed by atoms with Gasteiger partial charge in [0.15, 0.2) is 0 Å².